The van der Waals surface area contributed by atoms with Crippen molar-refractivity contribution in [2.45, 2.75) is 18.9 Å². The van der Waals surface area contributed by atoms with E-state index in [0.717, 1.165) is 12.3 Å². The van der Waals surface area contributed by atoms with Crippen LogP contribution in [0.5, 0.6) is 11.5 Å². The average Bonchev–Trinajstić information content (AvgIpc) is 2.35. The lowest BCUT2D eigenvalue weighted by Gasteiger charge is -2.32. The number of carbonyl (C=O) groups is 1. The Morgan fingerprint density at radius 1 is 1.19 bits per heavy atom. The molecule has 21 heavy (non-hydrogen) atoms. The van der Waals surface area contributed by atoms with Gasteiger partial charge in [0.1, 0.15) is 11.5 Å². The van der Waals surface area contributed by atoms with E-state index in [4.69, 9.17) is 0 Å². The number of rotatable bonds is 3. The SMILES string of the molecule is CS(=O)(=O)NC1CCN(C(=O)c2cc(O)cc(O)c2)CC1. The smallest absolute Gasteiger partial charge is 0.254 e. The minimum atomic E-state index is -3.24. The molecule has 0 bridgehead atoms. The lowest BCUT2D eigenvalue weighted by atomic mass is 10.0. The number of amides is 1. The normalized spacial score (nSPS) is 16.9. The lowest BCUT2D eigenvalue weighted by molar-refractivity contribution is 0.0710. The summed E-state index contributed by atoms with van der Waals surface area (Å²) >= 11 is 0. The van der Waals surface area contributed by atoms with E-state index < -0.39 is 10.0 Å². The molecular formula is C13H18N2O5S. The molecule has 0 atom stereocenters. The molecule has 1 heterocycles. The van der Waals surface area contributed by atoms with E-state index in [1.54, 1.807) is 4.90 Å². The van der Waals surface area contributed by atoms with E-state index in [1.807, 2.05) is 0 Å². The predicted octanol–water partition coefficient (Wildman–Crippen LogP) is 0.252. The van der Waals surface area contributed by atoms with Crippen molar-refractivity contribution in [1.82, 2.24) is 9.62 Å². The number of hydrogen-bond donors (Lipinski definition) is 3. The third-order valence-corrected chi connectivity index (χ3v) is 4.07. The standard InChI is InChI=1S/C13H18N2O5S/c1-21(19,20)14-10-2-4-15(5-3-10)13(18)9-6-11(16)8-12(17)7-9/h6-8,10,14,16-17H,2-5H2,1H3. The molecule has 2 rings (SSSR count). The van der Waals surface area contributed by atoms with Gasteiger partial charge in [-0.25, -0.2) is 13.1 Å². The number of aromatic hydroxyl groups is 2. The van der Waals surface area contributed by atoms with Crippen molar-refractivity contribution < 1.29 is 23.4 Å². The van der Waals surface area contributed by atoms with Gasteiger partial charge in [-0.2, -0.15) is 0 Å². The summed E-state index contributed by atoms with van der Waals surface area (Å²) in [6, 6.07) is 3.58. The highest BCUT2D eigenvalue weighted by atomic mass is 32.2. The van der Waals surface area contributed by atoms with Gasteiger partial charge >= 0.3 is 0 Å². The maximum absolute atomic E-state index is 12.3. The highest BCUT2D eigenvalue weighted by Crippen LogP contribution is 2.22. The second-order valence-electron chi connectivity index (χ2n) is 5.19. The number of nitrogens with zero attached hydrogens (tertiary/aromatic N) is 1. The van der Waals surface area contributed by atoms with Crippen LogP contribution in [0.2, 0.25) is 0 Å². The van der Waals surface area contributed by atoms with Crippen LogP contribution in [0.25, 0.3) is 0 Å². The molecule has 1 amide bonds. The predicted molar refractivity (Wildman–Crippen MR) is 76.7 cm³/mol. The van der Waals surface area contributed by atoms with Gasteiger partial charge in [-0.05, 0) is 25.0 Å². The number of nitrogens with one attached hydrogen (secondary N) is 1. The molecule has 3 N–H and O–H groups in total. The van der Waals surface area contributed by atoms with Crippen LogP contribution in [0, 0.1) is 0 Å². The van der Waals surface area contributed by atoms with Crippen LogP contribution in [0.3, 0.4) is 0 Å². The Bertz CT molecular complexity index is 616. The maximum atomic E-state index is 12.3. The molecule has 1 aromatic carbocycles. The molecule has 0 saturated carbocycles. The summed E-state index contributed by atoms with van der Waals surface area (Å²) in [6.07, 6.45) is 2.17. The van der Waals surface area contributed by atoms with Gasteiger partial charge in [-0.15, -0.1) is 0 Å². The molecule has 1 aromatic rings. The summed E-state index contributed by atoms with van der Waals surface area (Å²) in [4.78, 5) is 13.8. The van der Waals surface area contributed by atoms with Crippen LogP contribution < -0.4 is 4.72 Å². The summed E-state index contributed by atoms with van der Waals surface area (Å²) in [5.74, 6) is -0.641. The topological polar surface area (TPSA) is 107 Å². The molecule has 1 aliphatic heterocycles. The van der Waals surface area contributed by atoms with E-state index in [2.05, 4.69) is 4.72 Å². The van der Waals surface area contributed by atoms with Gasteiger partial charge < -0.3 is 15.1 Å². The van der Waals surface area contributed by atoms with Crippen LogP contribution in [0.15, 0.2) is 18.2 Å². The fraction of sp³-hybridized carbons (Fsp3) is 0.462. The Balaban J connectivity index is 2.00. The third kappa shape index (κ3) is 4.33. The van der Waals surface area contributed by atoms with Gasteiger partial charge in [0.2, 0.25) is 10.0 Å². The number of phenolic OH excluding ortho intramolecular Hbond substituents is 2. The number of sulfonamides is 1. The highest BCUT2D eigenvalue weighted by Gasteiger charge is 2.25. The first-order valence-corrected chi connectivity index (χ1v) is 8.43. The molecule has 0 radical (unpaired) electrons. The highest BCUT2D eigenvalue weighted by molar-refractivity contribution is 7.88. The van der Waals surface area contributed by atoms with Crippen molar-refractivity contribution in [2.75, 3.05) is 19.3 Å². The van der Waals surface area contributed by atoms with Crippen molar-refractivity contribution in [1.29, 1.82) is 0 Å². The van der Waals surface area contributed by atoms with Crippen LogP contribution >= 0.6 is 0 Å². The van der Waals surface area contributed by atoms with Gasteiger partial charge in [-0.1, -0.05) is 0 Å². The fourth-order valence-corrected chi connectivity index (χ4v) is 3.25. The Morgan fingerprint density at radius 3 is 2.19 bits per heavy atom. The van der Waals surface area contributed by atoms with Crippen molar-refractivity contribution in [2.24, 2.45) is 0 Å². The van der Waals surface area contributed by atoms with E-state index in [9.17, 15) is 23.4 Å². The van der Waals surface area contributed by atoms with Crippen molar-refractivity contribution >= 4 is 15.9 Å². The molecule has 1 fully saturated rings. The molecule has 0 aliphatic carbocycles. The summed E-state index contributed by atoms with van der Waals surface area (Å²) in [5, 5.41) is 18.8. The number of carbonyl (C=O) groups excluding carboxylic acids is 1. The zero-order valence-corrected chi connectivity index (χ0v) is 12.4. The molecule has 8 heteroatoms. The van der Waals surface area contributed by atoms with Crippen molar-refractivity contribution in [3.05, 3.63) is 23.8 Å². The second kappa shape index (κ2) is 5.90. The molecule has 0 aromatic heterocycles. The molecule has 0 spiro atoms. The molecular weight excluding hydrogens is 296 g/mol. The summed E-state index contributed by atoms with van der Waals surface area (Å²) in [5.41, 5.74) is 0.210. The van der Waals surface area contributed by atoms with E-state index >= 15 is 0 Å². The zero-order valence-electron chi connectivity index (χ0n) is 11.6. The van der Waals surface area contributed by atoms with Crippen molar-refractivity contribution in [3.63, 3.8) is 0 Å². The van der Waals surface area contributed by atoms with Gasteiger partial charge in [0.05, 0.1) is 6.26 Å². The number of phenols is 2. The van der Waals surface area contributed by atoms with Crippen LogP contribution in [-0.2, 0) is 10.0 Å². The fourth-order valence-electron chi connectivity index (χ4n) is 2.40. The lowest BCUT2D eigenvalue weighted by Crippen LogP contribution is -2.46. The Hall–Kier alpha value is -1.80. The van der Waals surface area contributed by atoms with E-state index in [0.29, 0.717) is 25.9 Å². The Labute approximate surface area is 123 Å². The number of benzene rings is 1. The van der Waals surface area contributed by atoms with Crippen LogP contribution in [-0.4, -0.2) is 54.8 Å². The number of piperidine rings is 1. The van der Waals surface area contributed by atoms with Gasteiger partial charge in [0, 0.05) is 30.8 Å². The third-order valence-electron chi connectivity index (χ3n) is 3.31. The molecule has 1 aliphatic rings. The Kier molecular flexibility index (Phi) is 4.38. The molecule has 0 unspecified atom stereocenters. The summed E-state index contributed by atoms with van der Waals surface area (Å²) in [6.45, 7) is 0.838. The summed E-state index contributed by atoms with van der Waals surface area (Å²) < 4.78 is 24.9. The quantitative estimate of drug-likeness (QED) is 0.741. The maximum Gasteiger partial charge on any atom is 0.254 e. The first kappa shape index (κ1) is 15.6. The minimum Gasteiger partial charge on any atom is -0.508 e. The zero-order chi connectivity index (χ0) is 15.6. The van der Waals surface area contributed by atoms with Crippen molar-refractivity contribution in [3.8, 4) is 11.5 Å². The van der Waals surface area contributed by atoms with Gasteiger partial charge in [-0.3, -0.25) is 4.79 Å². The second-order valence-corrected chi connectivity index (χ2v) is 6.97. The van der Waals surface area contributed by atoms with E-state index in [-0.39, 0.29) is 29.0 Å². The monoisotopic (exact) mass is 314 g/mol. The Morgan fingerprint density at radius 2 is 1.71 bits per heavy atom. The summed E-state index contributed by atoms with van der Waals surface area (Å²) in [7, 11) is -3.24. The minimum absolute atomic E-state index is 0.165. The average molecular weight is 314 g/mol. The number of hydrogen-bond acceptors (Lipinski definition) is 5. The first-order chi connectivity index (χ1) is 9.74. The van der Waals surface area contributed by atoms with Gasteiger partial charge in [0.15, 0.2) is 0 Å². The van der Waals surface area contributed by atoms with Gasteiger partial charge in [0.25, 0.3) is 5.91 Å². The van der Waals surface area contributed by atoms with Crippen LogP contribution in [0.4, 0.5) is 0 Å². The largest absolute Gasteiger partial charge is 0.508 e. The molecule has 1 saturated heterocycles. The first-order valence-electron chi connectivity index (χ1n) is 6.54. The molecule has 7 nitrogen and oxygen atoms in total. The van der Waals surface area contributed by atoms with E-state index in [1.165, 1.54) is 12.1 Å². The molecule has 116 valence electrons. The van der Waals surface area contributed by atoms with Crippen LogP contribution in [0.1, 0.15) is 23.2 Å². The number of likely N-dealkylation sites (tertiary alicyclic amines) is 1.